The van der Waals surface area contributed by atoms with Gasteiger partial charge in [-0.1, -0.05) is 23.2 Å². The number of carbonyl (C=O) groups excluding carboxylic acids is 1. The molecule has 110 valence electrons. The predicted octanol–water partition coefficient (Wildman–Crippen LogP) is 2.94. The van der Waals surface area contributed by atoms with Crippen molar-refractivity contribution in [1.82, 2.24) is 4.90 Å². The molecule has 1 aromatic rings. The minimum atomic E-state index is -1.23. The summed E-state index contributed by atoms with van der Waals surface area (Å²) in [5.74, 6) is -1.56. The molecule has 0 aromatic heterocycles. The number of hydrogen-bond acceptors (Lipinski definition) is 3. The van der Waals surface area contributed by atoms with E-state index in [-0.39, 0.29) is 39.9 Å². The van der Waals surface area contributed by atoms with Gasteiger partial charge >= 0.3 is 5.97 Å². The lowest BCUT2D eigenvalue weighted by Gasteiger charge is -2.21. The smallest absolute Gasteiger partial charge is 0.339 e. The molecule has 0 heterocycles. The van der Waals surface area contributed by atoms with E-state index in [1.54, 1.807) is 7.05 Å². The molecule has 1 aromatic carbocycles. The minimum absolute atomic E-state index is 0.0192. The molecule has 1 amide bonds. The molecule has 20 heavy (non-hydrogen) atoms. The summed E-state index contributed by atoms with van der Waals surface area (Å²) < 4.78 is 5.25. The fourth-order valence-corrected chi connectivity index (χ4v) is 1.94. The SMILES string of the molecule is CC(C)N(C)C(=O)COc1c(Cl)cc(Cl)cc1C(=O)O. The van der Waals surface area contributed by atoms with Crippen molar-refractivity contribution < 1.29 is 19.4 Å². The Balaban J connectivity index is 2.93. The van der Waals surface area contributed by atoms with Crippen molar-refractivity contribution in [1.29, 1.82) is 0 Å². The number of aromatic carboxylic acids is 1. The van der Waals surface area contributed by atoms with E-state index in [1.807, 2.05) is 13.8 Å². The van der Waals surface area contributed by atoms with Gasteiger partial charge in [-0.15, -0.1) is 0 Å². The Morgan fingerprint density at radius 2 is 1.95 bits per heavy atom. The van der Waals surface area contributed by atoms with E-state index in [1.165, 1.54) is 17.0 Å². The maximum atomic E-state index is 11.8. The number of ether oxygens (including phenoxy) is 1. The lowest BCUT2D eigenvalue weighted by molar-refractivity contribution is -0.133. The van der Waals surface area contributed by atoms with Crippen molar-refractivity contribution in [2.75, 3.05) is 13.7 Å². The predicted molar refractivity (Wildman–Crippen MR) is 76.8 cm³/mol. The van der Waals surface area contributed by atoms with Gasteiger partial charge in [-0.25, -0.2) is 4.79 Å². The van der Waals surface area contributed by atoms with Crippen LogP contribution in [0, 0.1) is 0 Å². The third-order valence-corrected chi connectivity index (χ3v) is 3.25. The van der Waals surface area contributed by atoms with Crippen LogP contribution in [0.1, 0.15) is 24.2 Å². The summed E-state index contributed by atoms with van der Waals surface area (Å²) in [6.45, 7) is 3.42. The molecule has 0 fully saturated rings. The van der Waals surface area contributed by atoms with Crippen LogP contribution >= 0.6 is 23.2 Å². The molecule has 5 nitrogen and oxygen atoms in total. The van der Waals surface area contributed by atoms with Gasteiger partial charge < -0.3 is 14.7 Å². The van der Waals surface area contributed by atoms with Gasteiger partial charge in [0.25, 0.3) is 5.91 Å². The average Bonchev–Trinajstić information content (AvgIpc) is 2.35. The largest absolute Gasteiger partial charge is 0.481 e. The van der Waals surface area contributed by atoms with Gasteiger partial charge in [-0.05, 0) is 26.0 Å². The van der Waals surface area contributed by atoms with Gasteiger partial charge in [0, 0.05) is 18.1 Å². The number of carbonyl (C=O) groups is 2. The quantitative estimate of drug-likeness (QED) is 0.906. The molecule has 0 atom stereocenters. The third kappa shape index (κ3) is 4.02. The van der Waals surface area contributed by atoms with Crippen LogP contribution < -0.4 is 4.74 Å². The summed E-state index contributed by atoms with van der Waals surface area (Å²) >= 11 is 11.6. The molecule has 7 heteroatoms. The number of carboxylic acids is 1. The lowest BCUT2D eigenvalue weighted by Crippen LogP contribution is -2.36. The van der Waals surface area contributed by atoms with Gasteiger partial charge in [0.2, 0.25) is 0 Å². The number of halogens is 2. The fraction of sp³-hybridized carbons (Fsp3) is 0.385. The topological polar surface area (TPSA) is 66.8 Å². The van der Waals surface area contributed by atoms with Crippen molar-refractivity contribution in [3.8, 4) is 5.75 Å². The van der Waals surface area contributed by atoms with Crippen molar-refractivity contribution in [3.05, 3.63) is 27.7 Å². The summed E-state index contributed by atoms with van der Waals surface area (Å²) in [5.41, 5.74) is -0.178. The molecule has 0 bridgehead atoms. The summed E-state index contributed by atoms with van der Waals surface area (Å²) in [4.78, 5) is 24.4. The van der Waals surface area contributed by atoms with Gasteiger partial charge in [0.05, 0.1) is 5.02 Å². The first kappa shape index (κ1) is 16.6. The van der Waals surface area contributed by atoms with E-state index in [0.29, 0.717) is 0 Å². The second-order valence-corrected chi connectivity index (χ2v) is 5.30. The second-order valence-electron chi connectivity index (χ2n) is 4.46. The molecular formula is C13H15Cl2NO4. The van der Waals surface area contributed by atoms with Crippen LogP contribution in [0.5, 0.6) is 5.75 Å². The molecule has 0 aliphatic carbocycles. The molecule has 1 N–H and O–H groups in total. The van der Waals surface area contributed by atoms with Crippen LogP contribution in [0.15, 0.2) is 12.1 Å². The number of rotatable bonds is 5. The first-order valence-electron chi connectivity index (χ1n) is 5.84. The van der Waals surface area contributed by atoms with E-state index >= 15 is 0 Å². The standard InChI is InChI=1S/C13H15Cl2NO4/c1-7(2)16(3)11(17)6-20-12-9(13(18)19)4-8(14)5-10(12)15/h4-5,7H,6H2,1-3H3,(H,18,19). The Morgan fingerprint density at radius 1 is 1.35 bits per heavy atom. The first-order valence-corrected chi connectivity index (χ1v) is 6.60. The number of amides is 1. The number of carboxylic acid groups (broad SMARTS) is 1. The Bertz CT molecular complexity index is 531. The Labute approximate surface area is 127 Å². The monoisotopic (exact) mass is 319 g/mol. The molecule has 0 aliphatic rings. The van der Waals surface area contributed by atoms with Crippen LogP contribution in [0.4, 0.5) is 0 Å². The van der Waals surface area contributed by atoms with Crippen molar-refractivity contribution in [3.63, 3.8) is 0 Å². The van der Waals surface area contributed by atoms with Gasteiger partial charge in [-0.3, -0.25) is 4.79 Å². The van der Waals surface area contributed by atoms with Crippen molar-refractivity contribution in [2.24, 2.45) is 0 Å². The first-order chi connectivity index (χ1) is 9.23. The highest BCUT2D eigenvalue weighted by molar-refractivity contribution is 6.36. The number of nitrogens with zero attached hydrogens (tertiary/aromatic N) is 1. The normalized spacial score (nSPS) is 10.5. The summed E-state index contributed by atoms with van der Waals surface area (Å²) in [5, 5.41) is 9.32. The number of hydrogen-bond donors (Lipinski definition) is 1. The maximum Gasteiger partial charge on any atom is 0.339 e. The molecular weight excluding hydrogens is 305 g/mol. The zero-order valence-electron chi connectivity index (χ0n) is 11.3. The van der Waals surface area contributed by atoms with Gasteiger partial charge in [-0.2, -0.15) is 0 Å². The van der Waals surface area contributed by atoms with E-state index in [0.717, 1.165) is 0 Å². The summed E-state index contributed by atoms with van der Waals surface area (Å²) in [7, 11) is 1.64. The zero-order chi connectivity index (χ0) is 15.4. The zero-order valence-corrected chi connectivity index (χ0v) is 12.8. The Hall–Kier alpha value is -1.46. The highest BCUT2D eigenvalue weighted by Crippen LogP contribution is 2.32. The molecule has 0 radical (unpaired) electrons. The number of benzene rings is 1. The number of likely N-dealkylation sites (N-methyl/N-ethyl adjacent to an activating group) is 1. The van der Waals surface area contributed by atoms with E-state index in [4.69, 9.17) is 33.0 Å². The van der Waals surface area contributed by atoms with Crippen LogP contribution in [0.3, 0.4) is 0 Å². The summed E-state index contributed by atoms with van der Waals surface area (Å²) in [6, 6.07) is 2.61. The average molecular weight is 320 g/mol. The van der Waals surface area contributed by atoms with Crippen LogP contribution in [-0.2, 0) is 4.79 Å². The highest BCUT2D eigenvalue weighted by Gasteiger charge is 2.19. The molecule has 0 saturated heterocycles. The Morgan fingerprint density at radius 3 is 2.45 bits per heavy atom. The molecule has 0 saturated carbocycles. The molecule has 0 unspecified atom stereocenters. The van der Waals surface area contributed by atoms with Crippen LogP contribution in [-0.4, -0.2) is 41.6 Å². The van der Waals surface area contributed by atoms with E-state index in [9.17, 15) is 9.59 Å². The minimum Gasteiger partial charge on any atom is -0.481 e. The molecule has 0 aliphatic heterocycles. The third-order valence-electron chi connectivity index (χ3n) is 2.75. The molecule has 0 spiro atoms. The van der Waals surface area contributed by atoms with Crippen molar-refractivity contribution in [2.45, 2.75) is 19.9 Å². The van der Waals surface area contributed by atoms with Crippen LogP contribution in [0.2, 0.25) is 10.0 Å². The molecule has 1 rings (SSSR count). The second kappa shape index (κ2) is 6.81. The van der Waals surface area contributed by atoms with E-state index < -0.39 is 5.97 Å². The van der Waals surface area contributed by atoms with Gasteiger partial charge in [0.1, 0.15) is 5.56 Å². The lowest BCUT2D eigenvalue weighted by atomic mass is 10.2. The summed E-state index contributed by atoms with van der Waals surface area (Å²) in [6.07, 6.45) is 0. The van der Waals surface area contributed by atoms with Crippen molar-refractivity contribution >= 4 is 35.1 Å². The fourth-order valence-electron chi connectivity index (χ4n) is 1.39. The van der Waals surface area contributed by atoms with Gasteiger partial charge in [0.15, 0.2) is 12.4 Å². The van der Waals surface area contributed by atoms with Crippen LogP contribution in [0.25, 0.3) is 0 Å². The maximum absolute atomic E-state index is 11.8. The van der Waals surface area contributed by atoms with E-state index in [2.05, 4.69) is 0 Å². The Kier molecular flexibility index (Phi) is 5.65. The highest BCUT2D eigenvalue weighted by atomic mass is 35.5.